The van der Waals surface area contributed by atoms with Gasteiger partial charge >= 0.3 is 5.97 Å². The minimum atomic E-state index is -1.17. The first kappa shape index (κ1) is 19.3. The Morgan fingerprint density at radius 3 is 2.69 bits per heavy atom. The van der Waals surface area contributed by atoms with Gasteiger partial charge in [-0.25, -0.2) is 9.78 Å². The molecule has 2 aliphatic rings. The molecule has 1 aromatic carbocycles. The van der Waals surface area contributed by atoms with Crippen molar-refractivity contribution < 1.29 is 29.7 Å². The van der Waals surface area contributed by atoms with E-state index in [1.54, 1.807) is 5.38 Å². The molecule has 0 aliphatic carbocycles. The standard InChI is InChI=1S/C18H15N3O6S2/c22-10-2-1-3-11(23)13(10)15-19-8(7-29-15)6-12(24)20-14-16(25)21-9(18(26)27)4-5-28-17(14)21/h1-4,7,14,17,22-23H,5-6H2,(H,20,24)(H,26,27)/t14-,17-/m1/s1. The molecule has 3 heterocycles. The maximum Gasteiger partial charge on any atom is 0.352 e. The molecule has 2 atom stereocenters. The van der Waals surface area contributed by atoms with Crippen LogP contribution >= 0.6 is 23.1 Å². The second-order valence-electron chi connectivity index (χ2n) is 6.36. The van der Waals surface area contributed by atoms with E-state index in [0.29, 0.717) is 16.5 Å². The molecule has 0 radical (unpaired) electrons. The Morgan fingerprint density at radius 1 is 1.28 bits per heavy atom. The average molecular weight is 433 g/mol. The number of nitrogens with zero attached hydrogens (tertiary/aromatic N) is 2. The lowest BCUT2D eigenvalue weighted by Gasteiger charge is -2.48. The van der Waals surface area contributed by atoms with Crippen LogP contribution in [0.4, 0.5) is 0 Å². The highest BCUT2D eigenvalue weighted by Gasteiger charge is 2.52. The van der Waals surface area contributed by atoms with Crippen molar-refractivity contribution in [2.75, 3.05) is 5.75 Å². The number of carbonyl (C=O) groups is 3. The van der Waals surface area contributed by atoms with Crippen molar-refractivity contribution in [3.63, 3.8) is 0 Å². The van der Waals surface area contributed by atoms with Gasteiger partial charge in [-0.2, -0.15) is 0 Å². The SMILES string of the molecule is O=C(Cc1csc(-c2c(O)cccc2O)n1)N[C@@H]1C(=O)N2C(C(=O)O)=CCS[C@H]12. The molecule has 0 saturated carbocycles. The molecule has 2 amide bonds. The molecule has 1 aromatic heterocycles. The molecule has 9 nitrogen and oxygen atoms in total. The van der Waals surface area contributed by atoms with Gasteiger partial charge in [-0.05, 0) is 18.2 Å². The molecule has 4 rings (SSSR count). The fourth-order valence-corrected chi connectivity index (χ4v) is 5.25. The predicted molar refractivity (Wildman–Crippen MR) is 105 cm³/mol. The van der Waals surface area contributed by atoms with Crippen LogP contribution in [0.1, 0.15) is 5.69 Å². The van der Waals surface area contributed by atoms with Crippen molar-refractivity contribution >= 4 is 40.9 Å². The van der Waals surface area contributed by atoms with E-state index in [9.17, 15) is 29.7 Å². The molecule has 0 spiro atoms. The van der Waals surface area contributed by atoms with Crippen LogP contribution in [0.2, 0.25) is 0 Å². The van der Waals surface area contributed by atoms with E-state index >= 15 is 0 Å². The number of amides is 2. The Morgan fingerprint density at radius 2 is 2.00 bits per heavy atom. The molecular formula is C18H15N3O6S2. The van der Waals surface area contributed by atoms with Crippen molar-refractivity contribution in [1.29, 1.82) is 0 Å². The highest BCUT2D eigenvalue weighted by molar-refractivity contribution is 8.00. The molecule has 0 unspecified atom stereocenters. The highest BCUT2D eigenvalue weighted by atomic mass is 32.2. The lowest BCUT2D eigenvalue weighted by atomic mass is 10.0. The number of carboxylic acids is 1. The van der Waals surface area contributed by atoms with Gasteiger partial charge in [0.2, 0.25) is 5.91 Å². The van der Waals surface area contributed by atoms with Crippen LogP contribution in [0.15, 0.2) is 35.4 Å². The molecule has 150 valence electrons. The molecule has 29 heavy (non-hydrogen) atoms. The summed E-state index contributed by atoms with van der Waals surface area (Å²) in [5.74, 6) is -1.84. The minimum Gasteiger partial charge on any atom is -0.507 e. The van der Waals surface area contributed by atoms with Gasteiger partial charge in [0.25, 0.3) is 5.91 Å². The number of carbonyl (C=O) groups excluding carboxylic acids is 2. The Labute approximate surface area is 172 Å². The summed E-state index contributed by atoms with van der Waals surface area (Å²) in [4.78, 5) is 41.4. The zero-order valence-corrected chi connectivity index (χ0v) is 16.4. The van der Waals surface area contributed by atoms with Crippen LogP contribution in [-0.2, 0) is 20.8 Å². The van der Waals surface area contributed by atoms with Crippen molar-refractivity contribution in [2.45, 2.75) is 17.8 Å². The number of carboxylic acid groups (broad SMARTS) is 1. The zero-order valence-electron chi connectivity index (χ0n) is 14.7. The lowest BCUT2D eigenvalue weighted by molar-refractivity contribution is -0.150. The van der Waals surface area contributed by atoms with Crippen LogP contribution in [0, 0.1) is 0 Å². The number of hydrogen-bond acceptors (Lipinski definition) is 8. The summed E-state index contributed by atoms with van der Waals surface area (Å²) < 4.78 is 0. The van der Waals surface area contributed by atoms with Crippen LogP contribution < -0.4 is 5.32 Å². The van der Waals surface area contributed by atoms with E-state index in [0.717, 1.165) is 0 Å². The molecule has 2 aromatic rings. The van der Waals surface area contributed by atoms with E-state index in [-0.39, 0.29) is 29.2 Å². The number of nitrogens with one attached hydrogen (secondary N) is 1. The second kappa shape index (κ2) is 7.41. The third-order valence-electron chi connectivity index (χ3n) is 4.51. The number of thioether (sulfide) groups is 1. The van der Waals surface area contributed by atoms with E-state index in [1.165, 1.54) is 52.3 Å². The molecular weight excluding hydrogens is 418 g/mol. The van der Waals surface area contributed by atoms with Crippen LogP contribution in [0.3, 0.4) is 0 Å². The number of aliphatic carboxylic acids is 1. The Balaban J connectivity index is 1.42. The number of benzene rings is 1. The number of phenols is 2. The van der Waals surface area contributed by atoms with Crippen LogP contribution in [-0.4, -0.2) is 60.2 Å². The maximum absolute atomic E-state index is 12.4. The molecule has 11 heteroatoms. The van der Waals surface area contributed by atoms with Gasteiger partial charge in [0.05, 0.1) is 17.7 Å². The van der Waals surface area contributed by atoms with E-state index in [2.05, 4.69) is 10.3 Å². The third-order valence-corrected chi connectivity index (χ3v) is 6.60. The number of aromatic nitrogens is 1. The smallest absolute Gasteiger partial charge is 0.352 e. The summed E-state index contributed by atoms with van der Waals surface area (Å²) in [6.45, 7) is 0. The van der Waals surface area contributed by atoms with Gasteiger partial charge in [-0.1, -0.05) is 6.07 Å². The topological polar surface area (TPSA) is 140 Å². The summed E-state index contributed by atoms with van der Waals surface area (Å²) >= 11 is 2.55. The van der Waals surface area contributed by atoms with Crippen molar-refractivity contribution in [1.82, 2.24) is 15.2 Å². The van der Waals surface area contributed by atoms with Gasteiger partial charge in [0, 0.05) is 11.1 Å². The van der Waals surface area contributed by atoms with Crippen molar-refractivity contribution in [2.24, 2.45) is 0 Å². The van der Waals surface area contributed by atoms with Crippen LogP contribution in [0.5, 0.6) is 11.5 Å². The van der Waals surface area contributed by atoms with E-state index < -0.39 is 29.2 Å². The maximum atomic E-state index is 12.4. The fraction of sp³-hybridized carbons (Fsp3) is 0.222. The summed E-state index contributed by atoms with van der Waals surface area (Å²) in [6, 6.07) is 3.58. The summed E-state index contributed by atoms with van der Waals surface area (Å²) in [5, 5.41) is 33.2. The van der Waals surface area contributed by atoms with Crippen LogP contribution in [0.25, 0.3) is 10.6 Å². The first-order chi connectivity index (χ1) is 13.9. The first-order valence-corrected chi connectivity index (χ1v) is 10.4. The monoisotopic (exact) mass is 433 g/mol. The number of β-lactam (4-membered cyclic amide) rings is 1. The lowest BCUT2D eigenvalue weighted by Crippen LogP contribution is -2.70. The Hall–Kier alpha value is -3.05. The number of aromatic hydroxyl groups is 2. The molecule has 0 bridgehead atoms. The average Bonchev–Trinajstić information content (AvgIpc) is 3.13. The summed E-state index contributed by atoms with van der Waals surface area (Å²) in [6.07, 6.45) is 1.39. The fourth-order valence-electron chi connectivity index (χ4n) is 3.18. The summed E-state index contributed by atoms with van der Waals surface area (Å²) in [7, 11) is 0. The molecule has 1 saturated heterocycles. The number of hydrogen-bond donors (Lipinski definition) is 4. The minimum absolute atomic E-state index is 0.0594. The van der Waals surface area contributed by atoms with E-state index in [1.807, 2.05) is 0 Å². The normalized spacial score (nSPS) is 20.5. The molecule has 2 aliphatic heterocycles. The number of rotatable bonds is 5. The second-order valence-corrected chi connectivity index (χ2v) is 8.37. The highest BCUT2D eigenvalue weighted by Crippen LogP contribution is 2.39. The van der Waals surface area contributed by atoms with Crippen molar-refractivity contribution in [3.05, 3.63) is 41.0 Å². The van der Waals surface area contributed by atoms with Gasteiger partial charge in [0.1, 0.15) is 33.6 Å². The Kier molecular flexibility index (Phi) is 4.92. The Bertz CT molecular complexity index is 1030. The zero-order chi connectivity index (χ0) is 20.7. The number of phenolic OH excluding ortho intramolecular Hbond substituents is 2. The summed E-state index contributed by atoms with van der Waals surface area (Å²) in [5.41, 5.74) is 0.563. The third kappa shape index (κ3) is 3.42. The quantitative estimate of drug-likeness (QED) is 0.515. The largest absolute Gasteiger partial charge is 0.507 e. The first-order valence-electron chi connectivity index (χ1n) is 8.50. The van der Waals surface area contributed by atoms with Gasteiger partial charge in [0.15, 0.2) is 0 Å². The molecule has 1 fully saturated rings. The van der Waals surface area contributed by atoms with Crippen molar-refractivity contribution in [3.8, 4) is 22.1 Å². The predicted octanol–water partition coefficient (Wildman–Crippen LogP) is 1.13. The van der Waals surface area contributed by atoms with E-state index in [4.69, 9.17) is 0 Å². The molecule has 4 N–H and O–H groups in total. The van der Waals surface area contributed by atoms with Gasteiger partial charge in [-0.15, -0.1) is 23.1 Å². The van der Waals surface area contributed by atoms with Gasteiger partial charge in [-0.3, -0.25) is 14.5 Å². The number of fused-ring (bicyclic) bond motifs is 1. The number of thiazole rings is 1. The van der Waals surface area contributed by atoms with Gasteiger partial charge < -0.3 is 20.6 Å².